The molecule has 6 nitrogen and oxygen atoms in total. The minimum atomic E-state index is -4.24. The maximum atomic E-state index is 12.5. The quantitative estimate of drug-likeness (QED) is 0.383. The molecule has 9 heteroatoms. The van der Waals surface area contributed by atoms with Crippen LogP contribution in [0.1, 0.15) is 22.3 Å². The van der Waals surface area contributed by atoms with E-state index in [1.54, 1.807) is 36.4 Å². The minimum absolute atomic E-state index is 0.0866. The molecule has 0 heterocycles. The number of alkyl halides is 3. The molecular formula is C21H22F3N3O3. The number of halogens is 3. The standard InChI is InChI=1S/C21H22F3N3O3/c1-25-20(28)19(27-29-2)18-9-4-3-8-17(18)14-26-30-11-10-15-6-5-7-16(12-15)13-21(22,23)24/h3-9,12,14H,10-11,13H2,1-2H3,(H,25,28)/b26-14+,27-19+. The number of benzene rings is 2. The molecule has 1 amide bonds. The smallest absolute Gasteiger partial charge is 0.393 e. The summed E-state index contributed by atoms with van der Waals surface area (Å²) < 4.78 is 37.5. The number of oxime groups is 2. The Kier molecular flexibility index (Phi) is 8.40. The predicted molar refractivity (Wildman–Crippen MR) is 108 cm³/mol. The molecule has 0 radical (unpaired) electrons. The molecule has 0 bridgehead atoms. The molecule has 1 N–H and O–H groups in total. The number of amides is 1. The van der Waals surface area contributed by atoms with Gasteiger partial charge < -0.3 is 15.0 Å². The Morgan fingerprint density at radius 3 is 2.57 bits per heavy atom. The molecular weight excluding hydrogens is 399 g/mol. The van der Waals surface area contributed by atoms with Crippen molar-refractivity contribution < 1.29 is 27.6 Å². The maximum absolute atomic E-state index is 12.5. The predicted octanol–water partition coefficient (Wildman–Crippen LogP) is 3.48. The van der Waals surface area contributed by atoms with Gasteiger partial charge in [0.25, 0.3) is 5.91 Å². The zero-order chi connectivity index (χ0) is 22.0. The lowest BCUT2D eigenvalue weighted by Crippen LogP contribution is -2.29. The van der Waals surface area contributed by atoms with Crippen LogP contribution in [0.15, 0.2) is 58.8 Å². The summed E-state index contributed by atoms with van der Waals surface area (Å²) in [6.07, 6.45) is -3.37. The van der Waals surface area contributed by atoms with Crippen molar-refractivity contribution in [2.45, 2.75) is 19.0 Å². The molecule has 0 saturated heterocycles. The first-order chi connectivity index (χ1) is 14.3. The first kappa shape index (κ1) is 22.9. The van der Waals surface area contributed by atoms with E-state index in [4.69, 9.17) is 9.68 Å². The van der Waals surface area contributed by atoms with Crippen molar-refractivity contribution in [1.29, 1.82) is 0 Å². The van der Waals surface area contributed by atoms with Crippen LogP contribution < -0.4 is 5.32 Å². The van der Waals surface area contributed by atoms with E-state index >= 15 is 0 Å². The normalized spacial score (nSPS) is 12.1. The van der Waals surface area contributed by atoms with Crippen molar-refractivity contribution in [2.75, 3.05) is 20.8 Å². The Morgan fingerprint density at radius 1 is 1.13 bits per heavy atom. The highest BCUT2D eigenvalue weighted by atomic mass is 19.4. The van der Waals surface area contributed by atoms with Gasteiger partial charge >= 0.3 is 6.18 Å². The highest BCUT2D eigenvalue weighted by Crippen LogP contribution is 2.21. The Balaban J connectivity index is 2.00. The van der Waals surface area contributed by atoms with Gasteiger partial charge in [-0.15, -0.1) is 0 Å². The molecule has 0 aromatic heterocycles. The number of nitrogens with zero attached hydrogens (tertiary/aromatic N) is 2. The summed E-state index contributed by atoms with van der Waals surface area (Å²) in [5.41, 5.74) is 2.11. The van der Waals surface area contributed by atoms with Gasteiger partial charge in [0, 0.05) is 24.6 Å². The summed E-state index contributed by atoms with van der Waals surface area (Å²) in [6.45, 7) is 0.183. The van der Waals surface area contributed by atoms with Crippen LogP contribution in [0.3, 0.4) is 0 Å². The lowest BCUT2D eigenvalue weighted by atomic mass is 10.0. The average Bonchev–Trinajstić information content (AvgIpc) is 2.71. The van der Waals surface area contributed by atoms with Gasteiger partial charge in [-0.2, -0.15) is 13.2 Å². The zero-order valence-electron chi connectivity index (χ0n) is 16.6. The number of hydrogen-bond donors (Lipinski definition) is 1. The molecule has 0 aliphatic rings. The molecule has 0 unspecified atom stereocenters. The van der Waals surface area contributed by atoms with E-state index in [0.29, 0.717) is 17.5 Å². The molecule has 2 rings (SSSR count). The fourth-order valence-electron chi connectivity index (χ4n) is 2.68. The number of carbonyl (C=O) groups is 1. The maximum Gasteiger partial charge on any atom is 0.393 e. The Hall–Kier alpha value is -3.36. The molecule has 160 valence electrons. The lowest BCUT2D eigenvalue weighted by Gasteiger charge is -2.08. The highest BCUT2D eigenvalue weighted by Gasteiger charge is 2.27. The van der Waals surface area contributed by atoms with Crippen LogP contribution in [0.4, 0.5) is 13.2 Å². The van der Waals surface area contributed by atoms with Crippen LogP contribution in [0, 0.1) is 0 Å². The third-order valence-electron chi connectivity index (χ3n) is 3.98. The summed E-state index contributed by atoms with van der Waals surface area (Å²) in [5.74, 6) is -0.419. The van der Waals surface area contributed by atoms with Crippen molar-refractivity contribution >= 4 is 17.8 Å². The van der Waals surface area contributed by atoms with Gasteiger partial charge in [0.1, 0.15) is 13.7 Å². The Bertz CT molecular complexity index is 912. The highest BCUT2D eigenvalue weighted by molar-refractivity contribution is 6.46. The first-order valence-corrected chi connectivity index (χ1v) is 9.06. The number of carbonyl (C=O) groups excluding carboxylic acids is 1. The van der Waals surface area contributed by atoms with Gasteiger partial charge in [-0.05, 0) is 11.1 Å². The van der Waals surface area contributed by atoms with E-state index in [2.05, 4.69) is 15.6 Å². The largest absolute Gasteiger partial charge is 0.398 e. The second kappa shape index (κ2) is 11.0. The van der Waals surface area contributed by atoms with Crippen molar-refractivity contribution in [1.82, 2.24) is 5.32 Å². The summed E-state index contributed by atoms with van der Waals surface area (Å²) in [7, 11) is 2.82. The van der Waals surface area contributed by atoms with Crippen molar-refractivity contribution in [3.63, 3.8) is 0 Å². The van der Waals surface area contributed by atoms with Gasteiger partial charge in [-0.3, -0.25) is 4.79 Å². The summed E-state index contributed by atoms with van der Waals surface area (Å²) >= 11 is 0. The molecule has 0 spiro atoms. The Labute approximate surface area is 172 Å². The summed E-state index contributed by atoms with van der Waals surface area (Å²) in [5, 5.41) is 10.2. The van der Waals surface area contributed by atoms with E-state index in [1.807, 2.05) is 0 Å². The molecule has 2 aromatic rings. The molecule has 0 aliphatic heterocycles. The van der Waals surface area contributed by atoms with Crippen LogP contribution in [-0.2, 0) is 27.3 Å². The molecule has 2 aromatic carbocycles. The fourth-order valence-corrected chi connectivity index (χ4v) is 2.68. The van der Waals surface area contributed by atoms with Crippen LogP contribution in [0.5, 0.6) is 0 Å². The van der Waals surface area contributed by atoms with E-state index in [1.165, 1.54) is 32.5 Å². The second-order valence-electron chi connectivity index (χ2n) is 6.22. The van der Waals surface area contributed by atoms with Crippen LogP contribution in [0.2, 0.25) is 0 Å². The van der Waals surface area contributed by atoms with Crippen LogP contribution in [0.25, 0.3) is 0 Å². The van der Waals surface area contributed by atoms with Crippen LogP contribution in [-0.4, -0.2) is 44.8 Å². The van der Waals surface area contributed by atoms with E-state index in [9.17, 15) is 18.0 Å². The number of nitrogens with one attached hydrogen (secondary N) is 1. The molecule has 0 saturated carbocycles. The third-order valence-corrected chi connectivity index (χ3v) is 3.98. The molecule has 0 aliphatic carbocycles. The Morgan fingerprint density at radius 2 is 1.87 bits per heavy atom. The molecule has 30 heavy (non-hydrogen) atoms. The number of likely N-dealkylation sites (N-methyl/N-ethyl adjacent to an activating group) is 1. The topological polar surface area (TPSA) is 72.3 Å². The summed E-state index contributed by atoms with van der Waals surface area (Å²) in [4.78, 5) is 22.0. The average molecular weight is 421 g/mol. The van der Waals surface area contributed by atoms with Gasteiger partial charge in [-0.25, -0.2) is 0 Å². The van der Waals surface area contributed by atoms with E-state index < -0.39 is 18.5 Å². The minimum Gasteiger partial charge on any atom is -0.398 e. The van der Waals surface area contributed by atoms with E-state index in [-0.39, 0.29) is 17.9 Å². The van der Waals surface area contributed by atoms with Crippen molar-refractivity contribution in [3.05, 3.63) is 70.8 Å². The first-order valence-electron chi connectivity index (χ1n) is 9.06. The third kappa shape index (κ3) is 7.23. The SMILES string of the molecule is CNC(=O)/C(=N/OC)c1ccccc1/C=N/OCCc1cccc(CC(F)(F)F)c1. The van der Waals surface area contributed by atoms with Gasteiger partial charge in [0.15, 0.2) is 5.71 Å². The van der Waals surface area contributed by atoms with Gasteiger partial charge in [0.05, 0.1) is 12.6 Å². The summed E-state index contributed by atoms with van der Waals surface area (Å²) in [6, 6.07) is 13.2. The number of hydrogen-bond acceptors (Lipinski definition) is 5. The fraction of sp³-hybridized carbons (Fsp3) is 0.286. The van der Waals surface area contributed by atoms with E-state index in [0.717, 1.165) is 5.56 Å². The van der Waals surface area contributed by atoms with Crippen molar-refractivity contribution in [2.24, 2.45) is 10.3 Å². The van der Waals surface area contributed by atoms with Gasteiger partial charge in [-0.1, -0.05) is 58.8 Å². The molecule has 0 atom stereocenters. The van der Waals surface area contributed by atoms with Crippen molar-refractivity contribution in [3.8, 4) is 0 Å². The lowest BCUT2D eigenvalue weighted by molar-refractivity contribution is -0.127. The number of rotatable bonds is 9. The second-order valence-corrected chi connectivity index (χ2v) is 6.22. The molecule has 0 fully saturated rings. The zero-order valence-corrected chi connectivity index (χ0v) is 16.6. The van der Waals surface area contributed by atoms with Crippen LogP contribution >= 0.6 is 0 Å². The monoisotopic (exact) mass is 421 g/mol. The van der Waals surface area contributed by atoms with Gasteiger partial charge in [0.2, 0.25) is 0 Å².